The number of hydrogen-bond donors (Lipinski definition) is 1. The molecule has 0 saturated heterocycles. The Kier molecular flexibility index (Phi) is 4.10. The van der Waals surface area contributed by atoms with Gasteiger partial charge in [-0.05, 0) is 35.7 Å². The number of rotatable bonds is 4. The van der Waals surface area contributed by atoms with Gasteiger partial charge in [-0.25, -0.2) is 0 Å². The fourth-order valence-electron chi connectivity index (χ4n) is 2.49. The third-order valence-corrected chi connectivity index (χ3v) is 3.71. The summed E-state index contributed by atoms with van der Waals surface area (Å²) in [6.07, 6.45) is 0. The van der Waals surface area contributed by atoms with E-state index < -0.39 is 0 Å². The van der Waals surface area contributed by atoms with E-state index in [1.54, 1.807) is 0 Å². The second kappa shape index (κ2) is 6.35. The molecule has 22 heavy (non-hydrogen) atoms. The lowest BCUT2D eigenvalue weighted by atomic mass is 9.99. The summed E-state index contributed by atoms with van der Waals surface area (Å²) in [7, 11) is 0. The van der Waals surface area contributed by atoms with Crippen LogP contribution in [0.5, 0.6) is 5.75 Å². The molecular weight excluding hydrogens is 270 g/mol. The average molecular weight is 289 g/mol. The topological polar surface area (TPSA) is 35.2 Å². The van der Waals surface area contributed by atoms with Crippen molar-refractivity contribution < 1.29 is 4.74 Å². The van der Waals surface area contributed by atoms with Crippen molar-refractivity contribution in [1.29, 1.82) is 0 Å². The lowest BCUT2D eigenvalue weighted by Crippen LogP contribution is -1.97. The van der Waals surface area contributed by atoms with E-state index in [0.717, 1.165) is 28.1 Å². The number of anilines is 1. The highest BCUT2D eigenvalue weighted by Crippen LogP contribution is 2.31. The summed E-state index contributed by atoms with van der Waals surface area (Å²) < 4.78 is 5.81. The van der Waals surface area contributed by atoms with Crippen LogP contribution in [0.2, 0.25) is 0 Å². The third-order valence-electron chi connectivity index (χ3n) is 3.71. The quantitative estimate of drug-likeness (QED) is 0.699. The van der Waals surface area contributed by atoms with Gasteiger partial charge in [0.25, 0.3) is 0 Å². The molecule has 0 amide bonds. The fraction of sp³-hybridized carbons (Fsp3) is 0.100. The maximum atomic E-state index is 6.21. The Labute approximate surface area is 131 Å². The van der Waals surface area contributed by atoms with Crippen LogP contribution < -0.4 is 10.5 Å². The summed E-state index contributed by atoms with van der Waals surface area (Å²) >= 11 is 0. The molecule has 0 saturated carbocycles. The van der Waals surface area contributed by atoms with Crippen molar-refractivity contribution in [3.63, 3.8) is 0 Å². The molecule has 0 heterocycles. The predicted octanol–water partition coefficient (Wildman–Crippen LogP) is 4.82. The molecule has 2 nitrogen and oxygen atoms in total. The summed E-state index contributed by atoms with van der Waals surface area (Å²) in [4.78, 5) is 0. The molecular formula is C20H19NO. The Morgan fingerprint density at radius 3 is 2.27 bits per heavy atom. The Bertz CT molecular complexity index is 766. The highest BCUT2D eigenvalue weighted by Gasteiger charge is 2.06. The minimum atomic E-state index is 0.546. The molecule has 0 aliphatic heterocycles. The summed E-state index contributed by atoms with van der Waals surface area (Å²) in [5, 5.41) is 0. The van der Waals surface area contributed by atoms with E-state index in [1.165, 1.54) is 5.56 Å². The molecule has 0 radical (unpaired) electrons. The molecule has 0 bridgehead atoms. The van der Waals surface area contributed by atoms with Crippen molar-refractivity contribution in [1.82, 2.24) is 0 Å². The van der Waals surface area contributed by atoms with Crippen LogP contribution in [0.1, 0.15) is 11.1 Å². The van der Waals surface area contributed by atoms with E-state index in [2.05, 4.69) is 19.1 Å². The predicted molar refractivity (Wildman–Crippen MR) is 91.8 cm³/mol. The Hall–Kier alpha value is -2.74. The highest BCUT2D eigenvalue weighted by atomic mass is 16.5. The Balaban J connectivity index is 1.79. The van der Waals surface area contributed by atoms with Crippen LogP contribution in [-0.4, -0.2) is 0 Å². The SMILES string of the molecule is Cc1ccccc1-c1ccc(OCc2ccccc2)cc1N. The summed E-state index contributed by atoms with van der Waals surface area (Å²) in [6.45, 7) is 2.64. The normalized spacial score (nSPS) is 10.4. The van der Waals surface area contributed by atoms with Gasteiger partial charge < -0.3 is 10.5 Å². The number of benzene rings is 3. The van der Waals surface area contributed by atoms with Gasteiger partial charge in [-0.15, -0.1) is 0 Å². The molecule has 2 N–H and O–H groups in total. The number of nitrogen functional groups attached to an aromatic ring is 1. The molecule has 0 aliphatic carbocycles. The number of ether oxygens (including phenoxy) is 1. The van der Waals surface area contributed by atoms with E-state index in [4.69, 9.17) is 10.5 Å². The number of hydrogen-bond acceptors (Lipinski definition) is 2. The number of nitrogens with two attached hydrogens (primary N) is 1. The van der Waals surface area contributed by atoms with Gasteiger partial charge in [0.05, 0.1) is 0 Å². The minimum Gasteiger partial charge on any atom is -0.489 e. The van der Waals surface area contributed by atoms with Crippen molar-refractivity contribution in [2.75, 3.05) is 5.73 Å². The summed E-state index contributed by atoms with van der Waals surface area (Å²) in [5.41, 5.74) is 11.5. The fourth-order valence-corrected chi connectivity index (χ4v) is 2.49. The van der Waals surface area contributed by atoms with Gasteiger partial charge in [0.1, 0.15) is 12.4 Å². The molecule has 0 aliphatic rings. The Morgan fingerprint density at radius 2 is 1.55 bits per heavy atom. The van der Waals surface area contributed by atoms with Crippen LogP contribution >= 0.6 is 0 Å². The molecule has 3 aromatic carbocycles. The van der Waals surface area contributed by atoms with Crippen LogP contribution in [0.25, 0.3) is 11.1 Å². The van der Waals surface area contributed by atoms with Crippen LogP contribution in [0.3, 0.4) is 0 Å². The van der Waals surface area contributed by atoms with Gasteiger partial charge in [0, 0.05) is 17.3 Å². The van der Waals surface area contributed by atoms with E-state index in [0.29, 0.717) is 6.61 Å². The van der Waals surface area contributed by atoms with Crippen molar-refractivity contribution in [2.45, 2.75) is 13.5 Å². The zero-order valence-corrected chi connectivity index (χ0v) is 12.6. The summed E-state index contributed by atoms with van der Waals surface area (Å²) in [6, 6.07) is 24.2. The largest absolute Gasteiger partial charge is 0.489 e. The van der Waals surface area contributed by atoms with Gasteiger partial charge >= 0.3 is 0 Å². The molecule has 0 unspecified atom stereocenters. The van der Waals surface area contributed by atoms with Crippen LogP contribution in [0.15, 0.2) is 72.8 Å². The van der Waals surface area contributed by atoms with E-state index in [-0.39, 0.29) is 0 Å². The van der Waals surface area contributed by atoms with Crippen molar-refractivity contribution in [3.8, 4) is 16.9 Å². The lowest BCUT2D eigenvalue weighted by molar-refractivity contribution is 0.306. The number of aryl methyl sites for hydroxylation is 1. The smallest absolute Gasteiger partial charge is 0.121 e. The van der Waals surface area contributed by atoms with E-state index in [1.807, 2.05) is 60.7 Å². The van der Waals surface area contributed by atoms with Gasteiger partial charge in [-0.3, -0.25) is 0 Å². The first kappa shape index (κ1) is 14.2. The monoisotopic (exact) mass is 289 g/mol. The highest BCUT2D eigenvalue weighted by molar-refractivity contribution is 5.79. The second-order valence-corrected chi connectivity index (χ2v) is 5.34. The molecule has 3 rings (SSSR count). The Morgan fingerprint density at radius 1 is 0.818 bits per heavy atom. The van der Waals surface area contributed by atoms with Gasteiger partial charge in [-0.2, -0.15) is 0 Å². The van der Waals surface area contributed by atoms with Gasteiger partial charge in [0.15, 0.2) is 0 Å². The zero-order chi connectivity index (χ0) is 15.4. The third kappa shape index (κ3) is 3.12. The van der Waals surface area contributed by atoms with Gasteiger partial charge in [0.2, 0.25) is 0 Å². The molecule has 110 valence electrons. The first-order valence-corrected chi connectivity index (χ1v) is 7.36. The van der Waals surface area contributed by atoms with Crippen LogP contribution in [-0.2, 0) is 6.61 Å². The zero-order valence-electron chi connectivity index (χ0n) is 12.6. The molecule has 0 atom stereocenters. The molecule has 3 aromatic rings. The first-order valence-electron chi connectivity index (χ1n) is 7.36. The van der Waals surface area contributed by atoms with E-state index >= 15 is 0 Å². The standard InChI is InChI=1S/C20H19NO/c1-15-7-5-6-10-18(15)19-12-11-17(13-20(19)21)22-14-16-8-3-2-4-9-16/h2-13H,14,21H2,1H3. The second-order valence-electron chi connectivity index (χ2n) is 5.34. The van der Waals surface area contributed by atoms with Gasteiger partial charge in [-0.1, -0.05) is 54.6 Å². The van der Waals surface area contributed by atoms with Crippen molar-refractivity contribution in [3.05, 3.63) is 83.9 Å². The first-order chi connectivity index (χ1) is 10.7. The minimum absolute atomic E-state index is 0.546. The van der Waals surface area contributed by atoms with E-state index in [9.17, 15) is 0 Å². The molecule has 0 fully saturated rings. The maximum absolute atomic E-state index is 6.21. The van der Waals surface area contributed by atoms with Crippen molar-refractivity contribution in [2.24, 2.45) is 0 Å². The molecule has 2 heteroatoms. The molecule has 0 aromatic heterocycles. The molecule has 0 spiro atoms. The maximum Gasteiger partial charge on any atom is 0.121 e. The van der Waals surface area contributed by atoms with Crippen LogP contribution in [0.4, 0.5) is 5.69 Å². The lowest BCUT2D eigenvalue weighted by Gasteiger charge is -2.12. The van der Waals surface area contributed by atoms with Crippen LogP contribution in [0, 0.1) is 6.92 Å². The average Bonchev–Trinajstić information content (AvgIpc) is 2.55. The summed E-state index contributed by atoms with van der Waals surface area (Å²) in [5.74, 6) is 0.790. The van der Waals surface area contributed by atoms with Crippen molar-refractivity contribution >= 4 is 5.69 Å².